The molecular formula is C10H16ClN3. The van der Waals surface area contributed by atoms with E-state index in [1.54, 1.807) is 6.33 Å². The largest absolute Gasteiger partial charge is 0.250 e. The van der Waals surface area contributed by atoms with E-state index in [1.807, 2.05) is 4.68 Å². The third-order valence-corrected chi connectivity index (χ3v) is 3.35. The van der Waals surface area contributed by atoms with Crippen LogP contribution in [-0.4, -0.2) is 20.1 Å². The van der Waals surface area contributed by atoms with E-state index in [4.69, 9.17) is 11.6 Å². The van der Waals surface area contributed by atoms with Crippen molar-refractivity contribution < 1.29 is 0 Å². The van der Waals surface area contributed by atoms with Crippen LogP contribution in [0.5, 0.6) is 0 Å². The van der Waals surface area contributed by atoms with Gasteiger partial charge in [-0.15, -0.1) is 11.6 Å². The van der Waals surface area contributed by atoms with Crippen molar-refractivity contribution in [1.82, 2.24) is 14.8 Å². The van der Waals surface area contributed by atoms with Gasteiger partial charge in [-0.1, -0.05) is 0 Å². The first-order chi connectivity index (χ1) is 6.81. The molecule has 78 valence electrons. The summed E-state index contributed by atoms with van der Waals surface area (Å²) in [5.74, 6) is 1.84. The molecule has 0 N–H and O–H groups in total. The number of aryl methyl sites for hydroxylation is 2. The van der Waals surface area contributed by atoms with Crippen LogP contribution < -0.4 is 0 Å². The van der Waals surface area contributed by atoms with Crippen LogP contribution >= 0.6 is 11.6 Å². The van der Waals surface area contributed by atoms with Crippen molar-refractivity contribution in [3.8, 4) is 0 Å². The molecule has 0 saturated heterocycles. The second-order valence-corrected chi connectivity index (χ2v) is 4.44. The molecule has 0 aromatic carbocycles. The van der Waals surface area contributed by atoms with Gasteiger partial charge in [0.25, 0.3) is 0 Å². The highest BCUT2D eigenvalue weighted by Gasteiger charge is 2.29. The van der Waals surface area contributed by atoms with Gasteiger partial charge in [-0.25, -0.2) is 4.98 Å². The van der Waals surface area contributed by atoms with Crippen LogP contribution in [0.1, 0.15) is 32.0 Å². The molecule has 1 aliphatic carbocycles. The van der Waals surface area contributed by atoms with Crippen LogP contribution in [-0.2, 0) is 13.0 Å². The molecule has 1 atom stereocenters. The Kier molecular flexibility index (Phi) is 3.06. The third kappa shape index (κ3) is 2.27. The van der Waals surface area contributed by atoms with Gasteiger partial charge in [0, 0.05) is 18.3 Å². The minimum atomic E-state index is 0.344. The molecule has 1 aliphatic rings. The number of rotatable bonds is 5. The monoisotopic (exact) mass is 213 g/mol. The second-order valence-electron chi connectivity index (χ2n) is 3.88. The minimum absolute atomic E-state index is 0.344. The molecule has 1 heterocycles. The zero-order chi connectivity index (χ0) is 9.97. The van der Waals surface area contributed by atoms with E-state index in [0.29, 0.717) is 5.38 Å². The topological polar surface area (TPSA) is 30.7 Å². The molecule has 2 rings (SSSR count). The lowest BCUT2D eigenvalue weighted by Crippen LogP contribution is -2.08. The van der Waals surface area contributed by atoms with Gasteiger partial charge in [-0.3, -0.25) is 4.68 Å². The van der Waals surface area contributed by atoms with Gasteiger partial charge in [0.1, 0.15) is 12.2 Å². The summed E-state index contributed by atoms with van der Waals surface area (Å²) < 4.78 is 1.94. The van der Waals surface area contributed by atoms with E-state index < -0.39 is 0 Å². The molecule has 0 aliphatic heterocycles. The van der Waals surface area contributed by atoms with Crippen LogP contribution in [0.3, 0.4) is 0 Å². The lowest BCUT2D eigenvalue weighted by atomic mass is 10.1. The lowest BCUT2D eigenvalue weighted by molar-refractivity contribution is 0.584. The van der Waals surface area contributed by atoms with E-state index >= 15 is 0 Å². The summed E-state index contributed by atoms with van der Waals surface area (Å²) in [7, 11) is 0. The van der Waals surface area contributed by atoms with Crippen molar-refractivity contribution in [2.45, 2.75) is 44.5 Å². The van der Waals surface area contributed by atoms with E-state index in [0.717, 1.165) is 31.1 Å². The van der Waals surface area contributed by atoms with Crippen molar-refractivity contribution in [3.63, 3.8) is 0 Å². The summed E-state index contributed by atoms with van der Waals surface area (Å²) in [6.07, 6.45) is 6.24. The lowest BCUT2D eigenvalue weighted by Gasteiger charge is -2.07. The van der Waals surface area contributed by atoms with E-state index in [1.165, 1.54) is 12.8 Å². The van der Waals surface area contributed by atoms with Crippen LogP contribution in [0.2, 0.25) is 0 Å². The van der Waals surface area contributed by atoms with Crippen molar-refractivity contribution in [2.75, 3.05) is 0 Å². The maximum Gasteiger partial charge on any atom is 0.138 e. The maximum absolute atomic E-state index is 6.23. The molecule has 1 aromatic rings. The fourth-order valence-electron chi connectivity index (χ4n) is 1.71. The highest BCUT2D eigenvalue weighted by molar-refractivity contribution is 6.20. The maximum atomic E-state index is 6.23. The Labute approximate surface area is 89.5 Å². The number of nitrogens with zero attached hydrogens (tertiary/aromatic N) is 3. The number of aromatic nitrogens is 3. The van der Waals surface area contributed by atoms with Gasteiger partial charge in [0.15, 0.2) is 0 Å². The highest BCUT2D eigenvalue weighted by atomic mass is 35.5. The summed E-state index contributed by atoms with van der Waals surface area (Å²) in [5.41, 5.74) is 0. The number of alkyl halides is 1. The smallest absolute Gasteiger partial charge is 0.138 e. The third-order valence-electron chi connectivity index (χ3n) is 2.77. The Bertz CT molecular complexity index is 293. The number of hydrogen-bond acceptors (Lipinski definition) is 2. The Morgan fingerprint density at radius 1 is 1.64 bits per heavy atom. The predicted octanol–water partition coefficient (Wildman–Crippen LogP) is 2.25. The molecule has 0 spiro atoms. The fourth-order valence-corrected chi connectivity index (χ4v) is 2.07. The molecular weight excluding hydrogens is 198 g/mol. The first kappa shape index (κ1) is 9.97. The summed E-state index contributed by atoms with van der Waals surface area (Å²) in [5, 5.41) is 4.48. The van der Waals surface area contributed by atoms with Gasteiger partial charge in [-0.2, -0.15) is 5.10 Å². The summed E-state index contributed by atoms with van der Waals surface area (Å²) in [6.45, 7) is 2.98. The predicted molar refractivity (Wildman–Crippen MR) is 56.4 cm³/mol. The molecule has 0 amide bonds. The molecule has 1 unspecified atom stereocenters. The molecule has 3 nitrogen and oxygen atoms in total. The zero-order valence-electron chi connectivity index (χ0n) is 8.49. The normalized spacial score (nSPS) is 18.4. The standard InChI is InChI=1S/C10H16ClN3/c1-2-14-10(12-7-13-14)6-5-9(11)8-3-4-8/h7-9H,2-6H2,1H3. The van der Waals surface area contributed by atoms with Crippen molar-refractivity contribution in [3.05, 3.63) is 12.2 Å². The number of hydrogen-bond donors (Lipinski definition) is 0. The molecule has 0 bridgehead atoms. The molecule has 1 aromatic heterocycles. The molecule has 0 radical (unpaired) electrons. The van der Waals surface area contributed by atoms with Crippen LogP contribution in [0.4, 0.5) is 0 Å². The van der Waals surface area contributed by atoms with E-state index in [-0.39, 0.29) is 0 Å². The molecule has 1 saturated carbocycles. The molecule has 1 fully saturated rings. The Balaban J connectivity index is 1.84. The number of halogens is 1. The Hall–Kier alpha value is -0.570. The van der Waals surface area contributed by atoms with Gasteiger partial charge in [0.05, 0.1) is 0 Å². The average molecular weight is 214 g/mol. The van der Waals surface area contributed by atoms with Crippen LogP contribution in [0, 0.1) is 5.92 Å². The van der Waals surface area contributed by atoms with Crippen molar-refractivity contribution >= 4 is 11.6 Å². The van der Waals surface area contributed by atoms with Crippen LogP contribution in [0.15, 0.2) is 6.33 Å². The minimum Gasteiger partial charge on any atom is -0.250 e. The summed E-state index contributed by atoms with van der Waals surface area (Å²) in [6, 6.07) is 0. The molecule has 14 heavy (non-hydrogen) atoms. The van der Waals surface area contributed by atoms with E-state index in [9.17, 15) is 0 Å². The van der Waals surface area contributed by atoms with Gasteiger partial charge < -0.3 is 0 Å². The van der Waals surface area contributed by atoms with Gasteiger partial charge in [0.2, 0.25) is 0 Å². The van der Waals surface area contributed by atoms with Crippen molar-refractivity contribution in [2.24, 2.45) is 5.92 Å². The SMILES string of the molecule is CCn1ncnc1CCC(Cl)C1CC1. The zero-order valence-corrected chi connectivity index (χ0v) is 9.24. The average Bonchev–Trinajstić information content (AvgIpc) is 2.94. The fraction of sp³-hybridized carbons (Fsp3) is 0.800. The Morgan fingerprint density at radius 3 is 3.07 bits per heavy atom. The first-order valence-corrected chi connectivity index (χ1v) is 5.75. The summed E-state index contributed by atoms with van der Waals surface area (Å²) >= 11 is 6.23. The van der Waals surface area contributed by atoms with Crippen molar-refractivity contribution in [1.29, 1.82) is 0 Å². The van der Waals surface area contributed by atoms with Gasteiger partial charge in [-0.05, 0) is 32.1 Å². The summed E-state index contributed by atoms with van der Waals surface area (Å²) in [4.78, 5) is 4.23. The second kappa shape index (κ2) is 4.30. The highest BCUT2D eigenvalue weighted by Crippen LogP contribution is 2.37. The molecule has 4 heteroatoms. The first-order valence-electron chi connectivity index (χ1n) is 5.32. The quantitative estimate of drug-likeness (QED) is 0.703. The van der Waals surface area contributed by atoms with Gasteiger partial charge >= 0.3 is 0 Å². The Morgan fingerprint density at radius 2 is 2.43 bits per heavy atom. The van der Waals surface area contributed by atoms with E-state index in [2.05, 4.69) is 17.0 Å². The van der Waals surface area contributed by atoms with Crippen LogP contribution in [0.25, 0.3) is 0 Å².